The van der Waals surface area contributed by atoms with Crippen molar-refractivity contribution in [3.63, 3.8) is 0 Å². The van der Waals surface area contributed by atoms with Crippen LogP contribution < -0.4 is 0 Å². The Kier molecular flexibility index (Phi) is 2.27. The number of amides is 1. The summed E-state index contributed by atoms with van der Waals surface area (Å²) in [5.41, 5.74) is -0.300. The third-order valence-corrected chi connectivity index (χ3v) is 2.97. The van der Waals surface area contributed by atoms with E-state index in [4.69, 9.17) is 4.84 Å². The number of carbonyl (C=O) groups is 1. The predicted molar refractivity (Wildman–Crippen MR) is 50.2 cm³/mol. The van der Waals surface area contributed by atoms with Gasteiger partial charge in [-0.05, 0) is 32.6 Å². The monoisotopic (exact) mass is 199 g/mol. The molecular formula is C10H17NO3. The third-order valence-electron chi connectivity index (χ3n) is 2.97. The van der Waals surface area contributed by atoms with Crippen molar-refractivity contribution < 1.29 is 14.7 Å². The second-order valence-corrected chi connectivity index (χ2v) is 4.66. The highest BCUT2D eigenvalue weighted by atomic mass is 16.7. The van der Waals surface area contributed by atoms with Crippen LogP contribution in [0.2, 0.25) is 0 Å². The molecule has 2 unspecified atom stereocenters. The van der Waals surface area contributed by atoms with Crippen LogP contribution in [-0.4, -0.2) is 34.3 Å². The van der Waals surface area contributed by atoms with Gasteiger partial charge < -0.3 is 5.11 Å². The molecule has 2 aliphatic rings. The van der Waals surface area contributed by atoms with E-state index in [9.17, 15) is 9.90 Å². The van der Waals surface area contributed by atoms with Gasteiger partial charge in [0.05, 0.1) is 19.1 Å². The number of hydroxylamine groups is 2. The van der Waals surface area contributed by atoms with Gasteiger partial charge in [0.2, 0.25) is 5.91 Å². The molecule has 1 saturated carbocycles. The molecule has 0 aromatic rings. The molecule has 4 nitrogen and oxygen atoms in total. The first-order valence-corrected chi connectivity index (χ1v) is 5.19. The van der Waals surface area contributed by atoms with Gasteiger partial charge in [-0.15, -0.1) is 0 Å². The van der Waals surface area contributed by atoms with Gasteiger partial charge in [-0.2, -0.15) is 0 Å². The van der Waals surface area contributed by atoms with Gasteiger partial charge in [0, 0.05) is 0 Å². The zero-order valence-corrected chi connectivity index (χ0v) is 8.69. The molecule has 0 spiro atoms. The third kappa shape index (κ3) is 1.77. The average Bonchev–Trinajstić information content (AvgIpc) is 2.80. The van der Waals surface area contributed by atoms with Crippen LogP contribution in [0.4, 0.5) is 0 Å². The summed E-state index contributed by atoms with van der Waals surface area (Å²) in [6, 6.07) is 0. The highest BCUT2D eigenvalue weighted by Crippen LogP contribution is 2.46. The Morgan fingerprint density at radius 1 is 1.71 bits per heavy atom. The fourth-order valence-electron chi connectivity index (χ4n) is 2.02. The van der Waals surface area contributed by atoms with E-state index < -0.39 is 6.10 Å². The molecule has 1 saturated heterocycles. The second-order valence-electron chi connectivity index (χ2n) is 4.66. The second kappa shape index (κ2) is 3.21. The van der Waals surface area contributed by atoms with Crippen LogP contribution >= 0.6 is 0 Å². The molecule has 2 atom stereocenters. The average molecular weight is 199 g/mol. The first-order chi connectivity index (χ1) is 6.51. The van der Waals surface area contributed by atoms with Gasteiger partial charge in [0.25, 0.3) is 0 Å². The topological polar surface area (TPSA) is 49.8 Å². The highest BCUT2D eigenvalue weighted by molar-refractivity contribution is 5.78. The van der Waals surface area contributed by atoms with Crippen molar-refractivity contribution >= 4 is 5.91 Å². The normalized spacial score (nSPS) is 35.1. The van der Waals surface area contributed by atoms with Gasteiger partial charge in [-0.1, -0.05) is 0 Å². The molecule has 14 heavy (non-hydrogen) atoms. The lowest BCUT2D eigenvalue weighted by molar-refractivity contribution is -0.207. The summed E-state index contributed by atoms with van der Waals surface area (Å²) in [5.74, 6) is 0.533. The summed E-state index contributed by atoms with van der Waals surface area (Å²) < 4.78 is 0. The fraction of sp³-hybridized carbons (Fsp3) is 0.900. The van der Waals surface area contributed by atoms with Crippen LogP contribution in [0.15, 0.2) is 0 Å². The number of nitrogens with zero attached hydrogens (tertiary/aromatic N) is 1. The van der Waals surface area contributed by atoms with Crippen LogP contribution in [0, 0.1) is 5.92 Å². The van der Waals surface area contributed by atoms with E-state index in [-0.39, 0.29) is 18.1 Å². The van der Waals surface area contributed by atoms with Gasteiger partial charge in [0.15, 0.2) is 0 Å². The summed E-state index contributed by atoms with van der Waals surface area (Å²) in [6.07, 6.45) is 2.25. The van der Waals surface area contributed by atoms with Crippen molar-refractivity contribution in [2.24, 2.45) is 5.92 Å². The molecule has 0 aromatic heterocycles. The lowest BCUT2D eigenvalue weighted by Crippen LogP contribution is -2.34. The van der Waals surface area contributed by atoms with Gasteiger partial charge in [-0.25, -0.2) is 5.06 Å². The number of β-amino-alcohol motifs (C(OH)–C–C–N with tert-alkyl or cyclic N) is 1. The van der Waals surface area contributed by atoms with E-state index in [1.807, 2.05) is 6.92 Å². The van der Waals surface area contributed by atoms with E-state index in [0.717, 1.165) is 12.8 Å². The summed E-state index contributed by atoms with van der Waals surface area (Å²) in [7, 11) is 0. The number of hydrogen-bond acceptors (Lipinski definition) is 3. The van der Waals surface area contributed by atoms with Crippen molar-refractivity contribution in [1.29, 1.82) is 0 Å². The Balaban J connectivity index is 1.99. The summed E-state index contributed by atoms with van der Waals surface area (Å²) >= 11 is 0. The van der Waals surface area contributed by atoms with E-state index in [2.05, 4.69) is 0 Å². The molecule has 0 aromatic carbocycles. The largest absolute Gasteiger partial charge is 0.391 e. The van der Waals surface area contributed by atoms with Gasteiger partial charge in [-0.3, -0.25) is 9.63 Å². The van der Waals surface area contributed by atoms with Crippen molar-refractivity contribution in [1.82, 2.24) is 5.06 Å². The van der Waals surface area contributed by atoms with Crippen molar-refractivity contribution in [2.75, 3.05) is 6.54 Å². The first kappa shape index (κ1) is 9.93. The summed E-state index contributed by atoms with van der Waals surface area (Å²) in [5, 5.41) is 10.5. The number of aliphatic hydroxyl groups excluding tert-OH is 1. The molecule has 1 heterocycles. The van der Waals surface area contributed by atoms with E-state index in [1.165, 1.54) is 5.06 Å². The minimum absolute atomic E-state index is 0.000278. The Morgan fingerprint density at radius 2 is 2.36 bits per heavy atom. The molecule has 1 aliphatic heterocycles. The molecule has 2 rings (SSSR count). The standard InChI is InChI=1S/C10H17NO3/c1-7(12)6-11-9(13)5-10(2,14-11)8-3-4-8/h7-8,12H,3-6H2,1-2H3. The van der Waals surface area contributed by atoms with Crippen LogP contribution in [-0.2, 0) is 9.63 Å². The maximum Gasteiger partial charge on any atom is 0.249 e. The SMILES string of the molecule is CC(O)CN1OC(C)(C2CC2)CC1=O. The smallest absolute Gasteiger partial charge is 0.249 e. The molecule has 2 fully saturated rings. The highest BCUT2D eigenvalue weighted by Gasteiger charge is 2.51. The van der Waals surface area contributed by atoms with Crippen LogP contribution in [0.25, 0.3) is 0 Å². The first-order valence-electron chi connectivity index (χ1n) is 5.19. The molecule has 1 aliphatic carbocycles. The zero-order valence-electron chi connectivity index (χ0n) is 8.69. The lowest BCUT2D eigenvalue weighted by Gasteiger charge is -2.24. The number of carbonyl (C=O) groups excluding carboxylic acids is 1. The fourth-order valence-corrected chi connectivity index (χ4v) is 2.02. The van der Waals surface area contributed by atoms with E-state index >= 15 is 0 Å². The zero-order chi connectivity index (χ0) is 10.3. The Hall–Kier alpha value is -0.610. The van der Waals surface area contributed by atoms with Crippen LogP contribution in [0.5, 0.6) is 0 Å². The minimum atomic E-state index is -0.527. The predicted octanol–water partition coefficient (Wildman–Crippen LogP) is 0.700. The Morgan fingerprint density at radius 3 is 2.86 bits per heavy atom. The Bertz CT molecular complexity index is 250. The maximum atomic E-state index is 11.5. The van der Waals surface area contributed by atoms with Crippen LogP contribution in [0.1, 0.15) is 33.1 Å². The Labute approximate surface area is 83.8 Å². The number of hydrogen-bond donors (Lipinski definition) is 1. The number of aliphatic hydroxyl groups is 1. The quantitative estimate of drug-likeness (QED) is 0.728. The van der Waals surface area contributed by atoms with Crippen molar-refractivity contribution in [2.45, 2.75) is 44.8 Å². The van der Waals surface area contributed by atoms with Crippen molar-refractivity contribution in [3.8, 4) is 0 Å². The van der Waals surface area contributed by atoms with Gasteiger partial charge >= 0.3 is 0 Å². The van der Waals surface area contributed by atoms with E-state index in [1.54, 1.807) is 6.92 Å². The van der Waals surface area contributed by atoms with Gasteiger partial charge in [0.1, 0.15) is 5.60 Å². The molecule has 4 heteroatoms. The molecule has 0 bridgehead atoms. The lowest BCUT2D eigenvalue weighted by atomic mass is 9.97. The minimum Gasteiger partial charge on any atom is -0.391 e. The van der Waals surface area contributed by atoms with Crippen molar-refractivity contribution in [3.05, 3.63) is 0 Å². The molecule has 0 radical (unpaired) electrons. The van der Waals surface area contributed by atoms with Crippen LogP contribution in [0.3, 0.4) is 0 Å². The summed E-state index contributed by atoms with van der Waals surface area (Å²) in [4.78, 5) is 17.2. The van der Waals surface area contributed by atoms with E-state index in [0.29, 0.717) is 12.3 Å². The summed E-state index contributed by atoms with van der Waals surface area (Å²) in [6.45, 7) is 3.93. The molecule has 1 N–H and O–H groups in total. The molecule has 1 amide bonds. The number of rotatable bonds is 3. The molecular weight excluding hydrogens is 182 g/mol. The molecule has 80 valence electrons. The maximum absolute atomic E-state index is 11.5.